The highest BCUT2D eigenvalue weighted by molar-refractivity contribution is 5.98. The van der Waals surface area contributed by atoms with Crippen LogP contribution in [0, 0.1) is 0 Å². The second-order valence-corrected chi connectivity index (χ2v) is 9.20. The van der Waals surface area contributed by atoms with Crippen LogP contribution in [0.4, 0.5) is 5.69 Å². The van der Waals surface area contributed by atoms with Crippen LogP contribution in [0.2, 0.25) is 0 Å². The Hall–Kier alpha value is -4.92. The summed E-state index contributed by atoms with van der Waals surface area (Å²) in [7, 11) is 0. The van der Waals surface area contributed by atoms with Gasteiger partial charge in [-0.05, 0) is 47.9 Å². The largest absolute Gasteiger partial charge is 0.335 e. The van der Waals surface area contributed by atoms with E-state index in [4.69, 9.17) is 4.98 Å². The molecular formula is C29H26N8O. The molecule has 0 fully saturated rings. The molecule has 0 radical (unpaired) electrons. The summed E-state index contributed by atoms with van der Waals surface area (Å²) in [4.78, 5) is 33.4. The van der Waals surface area contributed by atoms with Crippen LogP contribution in [0.3, 0.4) is 0 Å². The zero-order valence-corrected chi connectivity index (χ0v) is 20.9. The summed E-state index contributed by atoms with van der Waals surface area (Å²) in [5.41, 5.74) is 7.72. The van der Waals surface area contributed by atoms with Crippen molar-refractivity contribution >= 4 is 33.5 Å². The topological polar surface area (TPSA) is 125 Å². The molecule has 3 N–H and O–H groups in total. The van der Waals surface area contributed by atoms with E-state index >= 15 is 0 Å². The average molecular weight is 503 g/mol. The van der Waals surface area contributed by atoms with Gasteiger partial charge in [-0.1, -0.05) is 25.8 Å². The number of H-pyrrole nitrogens is 2. The highest BCUT2D eigenvalue weighted by Gasteiger charge is 2.16. The highest BCUT2D eigenvalue weighted by atomic mass is 16.1. The second kappa shape index (κ2) is 10.2. The van der Waals surface area contributed by atoms with Crippen molar-refractivity contribution in [3.8, 4) is 33.8 Å². The first kappa shape index (κ1) is 23.5. The minimum absolute atomic E-state index is 0.00971. The molecule has 5 aromatic heterocycles. The highest BCUT2D eigenvalue weighted by Crippen LogP contribution is 2.33. The Kier molecular flexibility index (Phi) is 6.31. The predicted molar refractivity (Wildman–Crippen MR) is 148 cm³/mol. The van der Waals surface area contributed by atoms with Gasteiger partial charge in [0.1, 0.15) is 5.69 Å². The number of pyridine rings is 3. The smallest absolute Gasteiger partial charge is 0.224 e. The van der Waals surface area contributed by atoms with Crippen LogP contribution in [-0.4, -0.2) is 41.0 Å². The number of rotatable bonds is 8. The molecule has 0 saturated carbocycles. The van der Waals surface area contributed by atoms with Gasteiger partial charge in [0.15, 0.2) is 5.82 Å². The maximum Gasteiger partial charge on any atom is 0.224 e. The summed E-state index contributed by atoms with van der Waals surface area (Å²) in [6.07, 6.45) is 14.1. The van der Waals surface area contributed by atoms with E-state index in [-0.39, 0.29) is 5.91 Å². The summed E-state index contributed by atoms with van der Waals surface area (Å²) in [6, 6.07) is 11.9. The quantitative estimate of drug-likeness (QED) is 0.215. The maximum atomic E-state index is 12.3. The summed E-state index contributed by atoms with van der Waals surface area (Å²) >= 11 is 0. The van der Waals surface area contributed by atoms with Crippen molar-refractivity contribution in [1.82, 2.24) is 35.1 Å². The number of aromatic nitrogens is 7. The number of carbonyl (C=O) groups excluding carboxylic acids is 1. The van der Waals surface area contributed by atoms with Crippen LogP contribution in [-0.2, 0) is 4.79 Å². The van der Waals surface area contributed by atoms with Crippen molar-refractivity contribution in [2.45, 2.75) is 32.6 Å². The van der Waals surface area contributed by atoms with Crippen LogP contribution < -0.4 is 5.32 Å². The Morgan fingerprint density at radius 2 is 1.74 bits per heavy atom. The molecule has 9 nitrogen and oxygen atoms in total. The van der Waals surface area contributed by atoms with Crippen LogP contribution in [0.25, 0.3) is 55.7 Å². The zero-order valence-electron chi connectivity index (χ0n) is 20.9. The molecule has 0 aliphatic carbocycles. The van der Waals surface area contributed by atoms with Crippen LogP contribution in [0.15, 0.2) is 73.6 Å². The van der Waals surface area contributed by atoms with E-state index in [2.05, 4.69) is 48.4 Å². The first-order valence-electron chi connectivity index (χ1n) is 12.7. The summed E-state index contributed by atoms with van der Waals surface area (Å²) in [6.45, 7) is 2.12. The van der Waals surface area contributed by atoms with Gasteiger partial charge >= 0.3 is 0 Å². The van der Waals surface area contributed by atoms with E-state index in [1.54, 1.807) is 31.0 Å². The number of anilines is 1. The van der Waals surface area contributed by atoms with Gasteiger partial charge in [0.2, 0.25) is 5.91 Å². The van der Waals surface area contributed by atoms with Gasteiger partial charge in [0, 0.05) is 47.7 Å². The van der Waals surface area contributed by atoms with Crippen molar-refractivity contribution in [1.29, 1.82) is 0 Å². The molecule has 6 rings (SSSR count). The number of benzene rings is 1. The van der Waals surface area contributed by atoms with Crippen LogP contribution in [0.5, 0.6) is 0 Å². The second-order valence-electron chi connectivity index (χ2n) is 9.20. The third-order valence-electron chi connectivity index (χ3n) is 6.54. The predicted octanol–water partition coefficient (Wildman–Crippen LogP) is 6.14. The van der Waals surface area contributed by atoms with Gasteiger partial charge in [0.25, 0.3) is 0 Å². The monoisotopic (exact) mass is 502 g/mol. The fourth-order valence-electron chi connectivity index (χ4n) is 4.59. The maximum absolute atomic E-state index is 12.3. The molecule has 1 amide bonds. The van der Waals surface area contributed by atoms with E-state index < -0.39 is 0 Å². The van der Waals surface area contributed by atoms with Gasteiger partial charge in [-0.15, -0.1) is 0 Å². The molecule has 6 aromatic rings. The van der Waals surface area contributed by atoms with Crippen molar-refractivity contribution in [3.63, 3.8) is 0 Å². The standard InChI is InChI=1S/C29H26N8O/c1-2-3-4-5-26(38)33-21-12-20(14-31-15-21)19-6-7-24-22(13-19)28(37-36-24)29-34-25-17-32-16-23(27(25)35-29)18-8-10-30-11-9-18/h6-17H,2-5H2,1H3,(H,33,38)(H,34,35)(H,36,37). The number of nitrogens with zero attached hydrogens (tertiary/aromatic N) is 5. The number of aromatic amines is 2. The zero-order chi connectivity index (χ0) is 25.9. The lowest BCUT2D eigenvalue weighted by Crippen LogP contribution is -2.11. The van der Waals surface area contributed by atoms with E-state index in [1.807, 2.05) is 36.5 Å². The molecule has 1 aromatic carbocycles. The van der Waals surface area contributed by atoms with Crippen molar-refractivity contribution in [2.24, 2.45) is 0 Å². The van der Waals surface area contributed by atoms with Gasteiger partial charge in [-0.2, -0.15) is 5.10 Å². The summed E-state index contributed by atoms with van der Waals surface area (Å²) in [5, 5.41) is 11.6. The normalized spacial score (nSPS) is 11.3. The Morgan fingerprint density at radius 1 is 0.868 bits per heavy atom. The lowest BCUT2D eigenvalue weighted by atomic mass is 10.0. The molecule has 9 heteroatoms. The van der Waals surface area contributed by atoms with Crippen molar-refractivity contribution in [2.75, 3.05) is 5.32 Å². The molecule has 0 saturated heterocycles. The van der Waals surface area contributed by atoms with Crippen LogP contribution >= 0.6 is 0 Å². The number of hydrogen-bond donors (Lipinski definition) is 3. The van der Waals surface area contributed by atoms with Gasteiger partial charge < -0.3 is 10.3 Å². The number of imidazole rings is 1. The van der Waals surface area contributed by atoms with Gasteiger partial charge in [0.05, 0.1) is 34.6 Å². The molecule has 0 aliphatic rings. The molecule has 38 heavy (non-hydrogen) atoms. The van der Waals surface area contributed by atoms with Gasteiger partial charge in [-0.3, -0.25) is 24.8 Å². The number of amides is 1. The Balaban J connectivity index is 1.34. The molecule has 5 heterocycles. The van der Waals surface area contributed by atoms with Crippen molar-refractivity contribution in [3.05, 3.63) is 73.6 Å². The summed E-state index contributed by atoms with van der Waals surface area (Å²) < 4.78 is 0. The molecule has 0 unspecified atom stereocenters. The van der Waals surface area contributed by atoms with Crippen molar-refractivity contribution < 1.29 is 4.79 Å². The molecule has 0 spiro atoms. The van der Waals surface area contributed by atoms with E-state index in [9.17, 15) is 4.79 Å². The number of nitrogens with one attached hydrogen (secondary N) is 3. The number of fused-ring (bicyclic) bond motifs is 2. The van der Waals surface area contributed by atoms with E-state index in [0.717, 1.165) is 63.5 Å². The molecule has 0 aliphatic heterocycles. The Morgan fingerprint density at radius 3 is 2.61 bits per heavy atom. The molecule has 188 valence electrons. The number of carbonyl (C=O) groups is 1. The fourth-order valence-corrected chi connectivity index (χ4v) is 4.59. The Labute approximate surface area is 218 Å². The Bertz CT molecular complexity index is 1740. The molecule has 0 bridgehead atoms. The van der Waals surface area contributed by atoms with Crippen LogP contribution in [0.1, 0.15) is 32.6 Å². The fraction of sp³-hybridized carbons (Fsp3) is 0.172. The molecule has 0 atom stereocenters. The minimum Gasteiger partial charge on any atom is -0.335 e. The first-order chi connectivity index (χ1) is 18.7. The van der Waals surface area contributed by atoms with E-state index in [0.29, 0.717) is 23.6 Å². The van der Waals surface area contributed by atoms with Gasteiger partial charge in [-0.25, -0.2) is 4.98 Å². The lowest BCUT2D eigenvalue weighted by Gasteiger charge is -2.07. The number of unbranched alkanes of at least 4 members (excludes halogenated alkanes) is 2. The van der Waals surface area contributed by atoms with E-state index in [1.165, 1.54) is 0 Å². The number of hydrogen-bond acceptors (Lipinski definition) is 6. The average Bonchev–Trinajstić information content (AvgIpc) is 3.57. The summed E-state index contributed by atoms with van der Waals surface area (Å²) in [5.74, 6) is 0.661. The lowest BCUT2D eigenvalue weighted by molar-refractivity contribution is -0.116. The third kappa shape index (κ3) is 4.61. The first-order valence-corrected chi connectivity index (χ1v) is 12.7. The molecular weight excluding hydrogens is 476 g/mol. The SMILES string of the molecule is CCCCCC(=O)Nc1cncc(-c2ccc3[nH]nc(-c4nc5c(-c6ccncc6)cncc5[nH]4)c3c2)c1. The third-order valence-corrected chi connectivity index (χ3v) is 6.54. The minimum atomic E-state index is 0.00971.